The number of benzene rings is 2. The SMILES string of the molecule is O=C(NC1CC1)c1cccc(NC(=O)C2CCN(S(=O)(=O)c3cccc(C(F)(F)F)c3)CC2)c1. The van der Waals surface area contributed by atoms with Gasteiger partial charge < -0.3 is 10.6 Å². The number of carbonyl (C=O) groups is 2. The number of anilines is 1. The first-order valence-electron chi connectivity index (χ1n) is 10.9. The smallest absolute Gasteiger partial charge is 0.349 e. The summed E-state index contributed by atoms with van der Waals surface area (Å²) in [5.41, 5.74) is -0.130. The first-order valence-corrected chi connectivity index (χ1v) is 12.4. The molecule has 0 aromatic heterocycles. The predicted molar refractivity (Wildman–Crippen MR) is 118 cm³/mol. The topological polar surface area (TPSA) is 95.6 Å². The standard InChI is InChI=1S/C23H24F3N3O4S/c24-23(25,26)17-4-2-6-20(14-17)34(32,33)29-11-9-15(10-12-29)21(30)28-19-5-1-3-16(13-19)22(31)27-18-7-8-18/h1-6,13-15,18H,7-12H2,(H,27,31)(H,28,30). The highest BCUT2D eigenvalue weighted by Crippen LogP contribution is 2.32. The lowest BCUT2D eigenvalue weighted by Gasteiger charge is -2.30. The van der Waals surface area contributed by atoms with E-state index in [-0.39, 0.29) is 43.8 Å². The Kier molecular flexibility index (Phi) is 6.68. The number of sulfonamides is 1. The summed E-state index contributed by atoms with van der Waals surface area (Å²) in [4.78, 5) is 24.5. The van der Waals surface area contributed by atoms with Crippen molar-refractivity contribution in [1.29, 1.82) is 0 Å². The Balaban J connectivity index is 1.36. The van der Waals surface area contributed by atoms with Crippen LogP contribution in [0.25, 0.3) is 0 Å². The lowest BCUT2D eigenvalue weighted by atomic mass is 9.97. The van der Waals surface area contributed by atoms with Crippen molar-refractivity contribution in [3.8, 4) is 0 Å². The first-order chi connectivity index (χ1) is 16.0. The largest absolute Gasteiger partial charge is 0.416 e. The second kappa shape index (κ2) is 9.38. The zero-order valence-corrected chi connectivity index (χ0v) is 19.0. The highest BCUT2D eigenvalue weighted by Gasteiger charge is 2.35. The zero-order valence-electron chi connectivity index (χ0n) is 18.1. The highest BCUT2D eigenvalue weighted by molar-refractivity contribution is 7.89. The molecule has 2 amide bonds. The molecule has 0 bridgehead atoms. The molecule has 1 saturated carbocycles. The number of nitrogens with zero attached hydrogens (tertiary/aromatic N) is 1. The van der Waals surface area contributed by atoms with E-state index in [1.54, 1.807) is 24.3 Å². The molecule has 1 saturated heterocycles. The van der Waals surface area contributed by atoms with Crippen molar-refractivity contribution >= 4 is 27.5 Å². The van der Waals surface area contributed by atoms with E-state index in [2.05, 4.69) is 10.6 Å². The normalized spacial score (nSPS) is 17.9. The molecule has 34 heavy (non-hydrogen) atoms. The lowest BCUT2D eigenvalue weighted by Crippen LogP contribution is -2.41. The Bertz CT molecular complexity index is 1190. The molecular weight excluding hydrogens is 471 g/mol. The first kappa shape index (κ1) is 24.2. The molecule has 2 aromatic rings. The number of amides is 2. The van der Waals surface area contributed by atoms with Crippen molar-refractivity contribution in [2.24, 2.45) is 5.92 Å². The molecular formula is C23H24F3N3O4S. The summed E-state index contributed by atoms with van der Waals surface area (Å²) in [6, 6.07) is 10.4. The van der Waals surface area contributed by atoms with Crippen LogP contribution in [0.15, 0.2) is 53.4 Å². The Morgan fingerprint density at radius 1 is 0.941 bits per heavy atom. The van der Waals surface area contributed by atoms with Crippen LogP contribution in [0, 0.1) is 5.92 Å². The van der Waals surface area contributed by atoms with Crippen LogP contribution < -0.4 is 10.6 Å². The Hall–Kier alpha value is -2.92. The van der Waals surface area contributed by atoms with Crippen molar-refractivity contribution < 1.29 is 31.2 Å². The average molecular weight is 496 g/mol. The van der Waals surface area contributed by atoms with Gasteiger partial charge in [-0.3, -0.25) is 9.59 Å². The Labute approximate surface area is 195 Å². The van der Waals surface area contributed by atoms with E-state index in [0.29, 0.717) is 17.3 Å². The minimum absolute atomic E-state index is 0.0144. The molecule has 2 N–H and O–H groups in total. The maximum absolute atomic E-state index is 13.0. The molecule has 1 aliphatic heterocycles. The molecule has 0 unspecified atom stereocenters. The van der Waals surface area contributed by atoms with Gasteiger partial charge in [0.15, 0.2) is 0 Å². The van der Waals surface area contributed by atoms with Gasteiger partial charge in [0.25, 0.3) is 5.91 Å². The summed E-state index contributed by atoms with van der Waals surface area (Å²) in [7, 11) is -4.12. The van der Waals surface area contributed by atoms with Crippen LogP contribution in [0.1, 0.15) is 41.6 Å². The summed E-state index contributed by atoms with van der Waals surface area (Å²) in [6.07, 6.45) is -2.26. The molecule has 2 aromatic carbocycles. The summed E-state index contributed by atoms with van der Waals surface area (Å²) < 4.78 is 65.7. The number of piperidine rings is 1. The van der Waals surface area contributed by atoms with Crippen LogP contribution in [-0.4, -0.2) is 43.7 Å². The third-order valence-corrected chi connectivity index (χ3v) is 7.82. The molecule has 1 aliphatic carbocycles. The Morgan fingerprint density at radius 3 is 2.26 bits per heavy atom. The van der Waals surface area contributed by atoms with Gasteiger partial charge in [-0.05, 0) is 62.1 Å². The molecule has 0 atom stereocenters. The van der Waals surface area contributed by atoms with E-state index in [1.165, 1.54) is 0 Å². The van der Waals surface area contributed by atoms with Gasteiger partial charge in [0, 0.05) is 36.3 Å². The van der Waals surface area contributed by atoms with E-state index >= 15 is 0 Å². The van der Waals surface area contributed by atoms with Crippen molar-refractivity contribution in [2.45, 2.75) is 42.8 Å². The van der Waals surface area contributed by atoms with Crippen LogP contribution >= 0.6 is 0 Å². The molecule has 2 fully saturated rings. The van der Waals surface area contributed by atoms with Crippen LogP contribution in [0.4, 0.5) is 18.9 Å². The van der Waals surface area contributed by atoms with Gasteiger partial charge in [0.2, 0.25) is 15.9 Å². The van der Waals surface area contributed by atoms with Gasteiger partial charge in [0.05, 0.1) is 10.5 Å². The second-order valence-corrected chi connectivity index (χ2v) is 10.5. The molecule has 0 radical (unpaired) electrons. The maximum atomic E-state index is 13.0. The number of hydrogen-bond donors (Lipinski definition) is 2. The maximum Gasteiger partial charge on any atom is 0.416 e. The van der Waals surface area contributed by atoms with E-state index in [0.717, 1.165) is 35.3 Å². The fourth-order valence-corrected chi connectivity index (χ4v) is 5.34. The van der Waals surface area contributed by atoms with Gasteiger partial charge in [-0.2, -0.15) is 17.5 Å². The molecule has 11 heteroatoms. The van der Waals surface area contributed by atoms with Crippen LogP contribution in [-0.2, 0) is 21.0 Å². The van der Waals surface area contributed by atoms with Gasteiger partial charge in [0.1, 0.15) is 0 Å². The number of hydrogen-bond acceptors (Lipinski definition) is 4. The summed E-state index contributed by atoms with van der Waals surface area (Å²) in [5.74, 6) is -0.959. The molecule has 0 spiro atoms. The monoisotopic (exact) mass is 495 g/mol. The fraction of sp³-hybridized carbons (Fsp3) is 0.391. The number of alkyl halides is 3. The fourth-order valence-electron chi connectivity index (χ4n) is 3.82. The third-order valence-electron chi connectivity index (χ3n) is 5.93. The molecule has 4 rings (SSSR count). The van der Waals surface area contributed by atoms with E-state index in [4.69, 9.17) is 0 Å². The molecule has 1 heterocycles. The van der Waals surface area contributed by atoms with Gasteiger partial charge in [-0.15, -0.1) is 0 Å². The van der Waals surface area contributed by atoms with Crippen LogP contribution in [0.5, 0.6) is 0 Å². The molecule has 2 aliphatic rings. The number of nitrogens with one attached hydrogen (secondary N) is 2. The average Bonchev–Trinajstić information content (AvgIpc) is 3.63. The summed E-state index contributed by atoms with van der Waals surface area (Å²) in [6.45, 7) is 0.0288. The van der Waals surface area contributed by atoms with Gasteiger partial charge in [-0.25, -0.2) is 8.42 Å². The van der Waals surface area contributed by atoms with Crippen molar-refractivity contribution in [3.05, 3.63) is 59.7 Å². The Morgan fingerprint density at radius 2 is 1.62 bits per heavy atom. The molecule has 7 nitrogen and oxygen atoms in total. The number of rotatable bonds is 6. The zero-order chi connectivity index (χ0) is 24.5. The minimum Gasteiger partial charge on any atom is -0.349 e. The quantitative estimate of drug-likeness (QED) is 0.640. The van der Waals surface area contributed by atoms with Crippen molar-refractivity contribution in [1.82, 2.24) is 9.62 Å². The third kappa shape index (κ3) is 5.58. The van der Waals surface area contributed by atoms with Crippen LogP contribution in [0.2, 0.25) is 0 Å². The van der Waals surface area contributed by atoms with E-state index in [9.17, 15) is 31.2 Å². The van der Waals surface area contributed by atoms with E-state index in [1.807, 2.05) is 0 Å². The predicted octanol–water partition coefficient (Wildman–Crippen LogP) is 3.64. The van der Waals surface area contributed by atoms with Crippen molar-refractivity contribution in [3.63, 3.8) is 0 Å². The summed E-state index contributed by atoms with van der Waals surface area (Å²) in [5, 5.41) is 5.66. The highest BCUT2D eigenvalue weighted by atomic mass is 32.2. The van der Waals surface area contributed by atoms with Crippen LogP contribution in [0.3, 0.4) is 0 Å². The number of carbonyl (C=O) groups excluding carboxylic acids is 2. The van der Waals surface area contributed by atoms with E-state index < -0.39 is 32.6 Å². The second-order valence-electron chi connectivity index (χ2n) is 8.52. The van der Waals surface area contributed by atoms with Gasteiger partial charge >= 0.3 is 6.18 Å². The van der Waals surface area contributed by atoms with Gasteiger partial charge in [-0.1, -0.05) is 12.1 Å². The lowest BCUT2D eigenvalue weighted by molar-refractivity contribution is -0.137. The summed E-state index contributed by atoms with van der Waals surface area (Å²) >= 11 is 0. The minimum atomic E-state index is -4.65. The number of halogens is 3. The van der Waals surface area contributed by atoms with Crippen molar-refractivity contribution in [2.75, 3.05) is 18.4 Å². The molecule has 182 valence electrons.